The van der Waals surface area contributed by atoms with Crippen LogP contribution in [0.15, 0.2) is 34.9 Å². The maximum absolute atomic E-state index is 11.9. The molecule has 0 saturated heterocycles. The first kappa shape index (κ1) is 21.1. The summed E-state index contributed by atoms with van der Waals surface area (Å²) in [5.41, 5.74) is 6.94. The monoisotopic (exact) mass is 366 g/mol. The molecule has 2 aromatic rings. The number of carbonyl (C=O) groups is 1. The van der Waals surface area contributed by atoms with Gasteiger partial charge in [0.1, 0.15) is 0 Å². The maximum Gasteiger partial charge on any atom is 0.226 e. The molecule has 1 atom stereocenters. The molecule has 138 valence electrons. The average Bonchev–Trinajstić information content (AvgIpc) is 3.02. The van der Waals surface area contributed by atoms with Crippen molar-refractivity contribution in [1.82, 2.24) is 15.5 Å². The first-order valence-electron chi connectivity index (χ1n) is 8.26. The van der Waals surface area contributed by atoms with Gasteiger partial charge in [0.25, 0.3) is 0 Å². The molecule has 25 heavy (non-hydrogen) atoms. The molecule has 0 saturated carbocycles. The van der Waals surface area contributed by atoms with Crippen molar-refractivity contribution in [3.63, 3.8) is 0 Å². The van der Waals surface area contributed by atoms with Crippen LogP contribution in [-0.4, -0.2) is 22.6 Å². The number of benzene rings is 1. The number of hydrogen-bond acceptors (Lipinski definition) is 5. The minimum atomic E-state index is -0.194. The summed E-state index contributed by atoms with van der Waals surface area (Å²) >= 11 is 0. The Balaban J connectivity index is 0.00000312. The number of nitrogens with two attached hydrogens (primary N) is 1. The van der Waals surface area contributed by atoms with Crippen LogP contribution in [0.5, 0.6) is 0 Å². The molecule has 0 aliphatic carbocycles. The maximum atomic E-state index is 11.9. The first-order chi connectivity index (χ1) is 11.4. The normalized spacial score (nSPS) is 12.3. The number of aromatic nitrogens is 2. The van der Waals surface area contributed by atoms with Gasteiger partial charge in [0.05, 0.1) is 0 Å². The fourth-order valence-corrected chi connectivity index (χ4v) is 2.19. The van der Waals surface area contributed by atoms with E-state index in [1.807, 2.05) is 51.1 Å². The second-order valence-electron chi connectivity index (χ2n) is 6.94. The lowest BCUT2D eigenvalue weighted by Crippen LogP contribution is -2.31. The third-order valence-corrected chi connectivity index (χ3v) is 3.68. The van der Waals surface area contributed by atoms with E-state index in [2.05, 4.69) is 15.5 Å². The van der Waals surface area contributed by atoms with Gasteiger partial charge < -0.3 is 15.6 Å². The van der Waals surface area contributed by atoms with Gasteiger partial charge in [-0.3, -0.25) is 4.79 Å². The summed E-state index contributed by atoms with van der Waals surface area (Å²) < 4.78 is 5.22. The van der Waals surface area contributed by atoms with Gasteiger partial charge >= 0.3 is 0 Å². The molecule has 0 bridgehead atoms. The van der Waals surface area contributed by atoms with Crippen LogP contribution in [0.25, 0.3) is 0 Å². The topological polar surface area (TPSA) is 94.0 Å². The lowest BCUT2D eigenvalue weighted by atomic mass is 9.96. The first-order valence-corrected chi connectivity index (χ1v) is 8.26. The molecule has 0 aliphatic rings. The molecule has 1 aromatic heterocycles. The quantitative estimate of drug-likeness (QED) is 0.785. The van der Waals surface area contributed by atoms with E-state index in [1.54, 1.807) is 0 Å². The fraction of sp³-hybridized carbons (Fsp3) is 0.500. The van der Waals surface area contributed by atoms with Gasteiger partial charge in [-0.1, -0.05) is 56.3 Å². The largest absolute Gasteiger partial charge is 0.354 e. The molecular formula is C18H27ClN4O2. The molecule has 6 nitrogen and oxygen atoms in total. The highest BCUT2D eigenvalue weighted by Crippen LogP contribution is 2.18. The van der Waals surface area contributed by atoms with Crippen LogP contribution in [-0.2, 0) is 16.6 Å². The van der Waals surface area contributed by atoms with E-state index in [4.69, 9.17) is 10.3 Å². The van der Waals surface area contributed by atoms with Gasteiger partial charge in [0.15, 0.2) is 5.82 Å². The smallest absolute Gasteiger partial charge is 0.226 e. The Hall–Kier alpha value is -1.92. The fourth-order valence-electron chi connectivity index (χ4n) is 2.19. The second kappa shape index (κ2) is 9.53. The van der Waals surface area contributed by atoms with Crippen molar-refractivity contribution in [1.29, 1.82) is 0 Å². The minimum Gasteiger partial charge on any atom is -0.354 e. The Bertz CT molecular complexity index is 653. The molecule has 1 amide bonds. The summed E-state index contributed by atoms with van der Waals surface area (Å²) in [6.45, 7) is 6.53. The summed E-state index contributed by atoms with van der Waals surface area (Å²) in [7, 11) is 0. The van der Waals surface area contributed by atoms with E-state index in [-0.39, 0.29) is 29.8 Å². The van der Waals surface area contributed by atoms with E-state index in [9.17, 15) is 4.79 Å². The Kier molecular flexibility index (Phi) is 8.06. The number of carbonyl (C=O) groups excluding carboxylic acids is 1. The highest BCUT2D eigenvalue weighted by atomic mass is 35.5. The van der Waals surface area contributed by atoms with Crippen molar-refractivity contribution >= 4 is 18.3 Å². The predicted octanol–water partition coefficient (Wildman–Crippen LogP) is 2.93. The van der Waals surface area contributed by atoms with Crippen molar-refractivity contribution in [3.8, 4) is 0 Å². The molecule has 0 aliphatic heterocycles. The SMILES string of the molecule is CC(C)(C)c1noc(CCCC(=O)NCC(N)c2ccccc2)n1.Cl. The number of nitrogens with zero attached hydrogens (tertiary/aromatic N) is 2. The zero-order chi connectivity index (χ0) is 17.6. The van der Waals surface area contributed by atoms with Crippen LogP contribution < -0.4 is 11.1 Å². The summed E-state index contributed by atoms with van der Waals surface area (Å²) in [5, 5.41) is 6.84. The zero-order valence-corrected chi connectivity index (χ0v) is 15.8. The third-order valence-electron chi connectivity index (χ3n) is 3.68. The lowest BCUT2D eigenvalue weighted by Gasteiger charge is -2.13. The van der Waals surface area contributed by atoms with E-state index in [0.717, 1.165) is 5.56 Å². The molecule has 0 fully saturated rings. The van der Waals surface area contributed by atoms with Gasteiger partial charge in [-0.25, -0.2) is 0 Å². The third kappa shape index (κ3) is 6.84. The molecule has 1 aromatic carbocycles. The molecule has 0 spiro atoms. The van der Waals surface area contributed by atoms with Gasteiger partial charge in [-0.05, 0) is 12.0 Å². The number of nitrogens with one attached hydrogen (secondary N) is 1. The Morgan fingerprint density at radius 1 is 1.28 bits per heavy atom. The standard InChI is InChI=1S/C18H26N4O2.ClH/c1-18(2,3)17-21-16(24-22-17)11-7-10-15(23)20-12-14(19)13-8-5-4-6-9-13;/h4-6,8-9,14H,7,10-12,19H2,1-3H3,(H,20,23);1H. The number of hydrogen-bond donors (Lipinski definition) is 2. The minimum absolute atomic E-state index is 0. The lowest BCUT2D eigenvalue weighted by molar-refractivity contribution is -0.121. The van der Waals surface area contributed by atoms with Crippen molar-refractivity contribution < 1.29 is 9.32 Å². The molecule has 1 unspecified atom stereocenters. The zero-order valence-electron chi connectivity index (χ0n) is 15.0. The number of halogens is 1. The number of aryl methyl sites for hydroxylation is 1. The predicted molar refractivity (Wildman–Crippen MR) is 99.6 cm³/mol. The number of rotatable bonds is 7. The highest BCUT2D eigenvalue weighted by Gasteiger charge is 2.20. The van der Waals surface area contributed by atoms with Gasteiger partial charge in [-0.15, -0.1) is 12.4 Å². The van der Waals surface area contributed by atoms with Crippen LogP contribution in [0.1, 0.15) is 56.9 Å². The van der Waals surface area contributed by atoms with Crippen LogP contribution in [0.3, 0.4) is 0 Å². The van der Waals surface area contributed by atoms with Crippen LogP contribution in [0.2, 0.25) is 0 Å². The Labute approximate surface area is 155 Å². The van der Waals surface area contributed by atoms with Crippen molar-refractivity contribution in [2.75, 3.05) is 6.54 Å². The molecule has 7 heteroatoms. The van der Waals surface area contributed by atoms with Crippen molar-refractivity contribution in [3.05, 3.63) is 47.6 Å². The summed E-state index contributed by atoms with van der Waals surface area (Å²) in [5.74, 6) is 1.25. The van der Waals surface area contributed by atoms with Crippen molar-refractivity contribution in [2.24, 2.45) is 5.73 Å². The van der Waals surface area contributed by atoms with Crippen LogP contribution in [0, 0.1) is 0 Å². The molecular weight excluding hydrogens is 340 g/mol. The second-order valence-corrected chi connectivity index (χ2v) is 6.94. The van der Waals surface area contributed by atoms with E-state index in [1.165, 1.54) is 0 Å². The van der Waals surface area contributed by atoms with Gasteiger partial charge in [0.2, 0.25) is 11.8 Å². The molecule has 3 N–H and O–H groups in total. The van der Waals surface area contributed by atoms with Gasteiger partial charge in [-0.2, -0.15) is 4.98 Å². The average molecular weight is 367 g/mol. The van der Waals surface area contributed by atoms with Gasteiger partial charge in [0, 0.05) is 30.8 Å². The molecule has 1 heterocycles. The van der Waals surface area contributed by atoms with E-state index in [0.29, 0.717) is 37.5 Å². The summed E-state index contributed by atoms with van der Waals surface area (Å²) in [6, 6.07) is 9.54. The summed E-state index contributed by atoms with van der Waals surface area (Å²) in [6.07, 6.45) is 1.67. The summed E-state index contributed by atoms with van der Waals surface area (Å²) in [4.78, 5) is 16.3. The van der Waals surface area contributed by atoms with Crippen LogP contribution >= 0.6 is 12.4 Å². The highest BCUT2D eigenvalue weighted by molar-refractivity contribution is 5.85. The van der Waals surface area contributed by atoms with Crippen LogP contribution in [0.4, 0.5) is 0 Å². The van der Waals surface area contributed by atoms with Crippen molar-refractivity contribution in [2.45, 2.75) is 51.5 Å². The molecule has 0 radical (unpaired) electrons. The molecule has 2 rings (SSSR count). The van der Waals surface area contributed by atoms with E-state index < -0.39 is 0 Å². The Morgan fingerprint density at radius 3 is 2.56 bits per heavy atom. The van der Waals surface area contributed by atoms with E-state index >= 15 is 0 Å². The Morgan fingerprint density at radius 2 is 1.96 bits per heavy atom. The number of amides is 1.